The normalized spacial score (nSPS) is 17.3. The van der Waals surface area contributed by atoms with Crippen LogP contribution in [0.2, 0.25) is 0 Å². The van der Waals surface area contributed by atoms with Gasteiger partial charge in [0.15, 0.2) is 0 Å². The van der Waals surface area contributed by atoms with Crippen LogP contribution in [0, 0.1) is 5.92 Å². The van der Waals surface area contributed by atoms with E-state index in [1.54, 1.807) is 6.20 Å². The molecule has 7 heteroatoms. The highest BCUT2D eigenvalue weighted by atomic mass is 32.2. The number of rotatable bonds is 3. The lowest BCUT2D eigenvalue weighted by Crippen LogP contribution is -2.40. The number of pyridine rings is 1. The van der Waals surface area contributed by atoms with Gasteiger partial charge in [0.1, 0.15) is 0 Å². The average Bonchev–Trinajstić information content (AvgIpc) is 2.54. The number of aromatic nitrogens is 1. The Labute approximate surface area is 135 Å². The highest BCUT2D eigenvalue weighted by molar-refractivity contribution is 7.88. The van der Waals surface area contributed by atoms with Crippen molar-refractivity contribution in [3.63, 3.8) is 0 Å². The van der Waals surface area contributed by atoms with Gasteiger partial charge in [-0.3, -0.25) is 9.78 Å². The zero-order valence-corrected chi connectivity index (χ0v) is 13.7. The summed E-state index contributed by atoms with van der Waals surface area (Å²) in [5.41, 5.74) is 1.55. The Morgan fingerprint density at radius 3 is 2.65 bits per heavy atom. The first-order valence-electron chi connectivity index (χ1n) is 7.54. The van der Waals surface area contributed by atoms with Gasteiger partial charge in [0.05, 0.1) is 23.7 Å². The molecule has 122 valence electrons. The van der Waals surface area contributed by atoms with Gasteiger partial charge in [-0.05, 0) is 25.0 Å². The Bertz CT molecular complexity index is 827. The van der Waals surface area contributed by atoms with E-state index in [9.17, 15) is 13.2 Å². The van der Waals surface area contributed by atoms with Crippen LogP contribution in [0.15, 0.2) is 36.5 Å². The molecule has 6 nitrogen and oxygen atoms in total. The minimum absolute atomic E-state index is 0.0739. The summed E-state index contributed by atoms with van der Waals surface area (Å²) in [6.45, 7) is 0.791. The van der Waals surface area contributed by atoms with Crippen LogP contribution in [0.4, 0.5) is 5.69 Å². The second-order valence-corrected chi connectivity index (χ2v) is 7.82. The maximum atomic E-state index is 12.4. The fraction of sp³-hybridized carbons (Fsp3) is 0.375. The molecular formula is C16H19N3O3S. The van der Waals surface area contributed by atoms with Crippen molar-refractivity contribution in [1.29, 1.82) is 0 Å². The Morgan fingerprint density at radius 2 is 1.96 bits per heavy atom. The molecule has 1 amide bonds. The van der Waals surface area contributed by atoms with Crippen LogP contribution in [-0.4, -0.2) is 43.0 Å². The number of para-hydroxylation sites is 1. The minimum atomic E-state index is -3.17. The van der Waals surface area contributed by atoms with Gasteiger partial charge in [0.25, 0.3) is 0 Å². The van der Waals surface area contributed by atoms with Gasteiger partial charge in [0, 0.05) is 24.4 Å². The second kappa shape index (κ2) is 6.25. The molecule has 1 saturated heterocycles. The van der Waals surface area contributed by atoms with E-state index in [1.807, 2.05) is 30.3 Å². The fourth-order valence-electron chi connectivity index (χ4n) is 2.83. The number of hydrogen-bond donors (Lipinski definition) is 1. The molecule has 1 fully saturated rings. The van der Waals surface area contributed by atoms with E-state index in [0.29, 0.717) is 31.6 Å². The minimum Gasteiger partial charge on any atom is -0.324 e. The molecule has 1 aromatic heterocycles. The quantitative estimate of drug-likeness (QED) is 0.929. The molecule has 1 aliphatic rings. The lowest BCUT2D eigenvalue weighted by molar-refractivity contribution is -0.120. The predicted octanol–water partition coefficient (Wildman–Crippen LogP) is 1.84. The van der Waals surface area contributed by atoms with Gasteiger partial charge in [-0.25, -0.2) is 12.7 Å². The maximum absolute atomic E-state index is 12.4. The number of piperidine rings is 1. The molecule has 0 bridgehead atoms. The molecule has 3 rings (SSSR count). The van der Waals surface area contributed by atoms with E-state index < -0.39 is 10.0 Å². The summed E-state index contributed by atoms with van der Waals surface area (Å²) < 4.78 is 24.4. The predicted molar refractivity (Wildman–Crippen MR) is 89.5 cm³/mol. The summed E-state index contributed by atoms with van der Waals surface area (Å²) in [5.74, 6) is -0.241. The number of sulfonamides is 1. The van der Waals surface area contributed by atoms with E-state index in [0.717, 1.165) is 10.9 Å². The van der Waals surface area contributed by atoms with Gasteiger partial charge in [0.2, 0.25) is 15.9 Å². The zero-order valence-electron chi connectivity index (χ0n) is 12.9. The van der Waals surface area contributed by atoms with Crippen molar-refractivity contribution in [3.8, 4) is 0 Å². The van der Waals surface area contributed by atoms with E-state index in [1.165, 1.54) is 10.6 Å². The third kappa shape index (κ3) is 3.68. The smallest absolute Gasteiger partial charge is 0.227 e. The highest BCUT2D eigenvalue weighted by Crippen LogP contribution is 2.22. The van der Waals surface area contributed by atoms with Crippen molar-refractivity contribution < 1.29 is 13.2 Å². The number of nitrogens with zero attached hydrogens (tertiary/aromatic N) is 2. The zero-order chi connectivity index (χ0) is 16.4. The average molecular weight is 333 g/mol. The fourth-order valence-corrected chi connectivity index (χ4v) is 3.71. The van der Waals surface area contributed by atoms with Gasteiger partial charge in [-0.15, -0.1) is 0 Å². The molecule has 0 spiro atoms. The Hall–Kier alpha value is -1.99. The first kappa shape index (κ1) is 15.9. The Balaban J connectivity index is 1.65. The monoisotopic (exact) mass is 333 g/mol. The largest absolute Gasteiger partial charge is 0.324 e. The van der Waals surface area contributed by atoms with Crippen molar-refractivity contribution in [1.82, 2.24) is 9.29 Å². The van der Waals surface area contributed by atoms with Crippen molar-refractivity contribution in [2.75, 3.05) is 24.7 Å². The van der Waals surface area contributed by atoms with Gasteiger partial charge < -0.3 is 5.32 Å². The molecule has 0 atom stereocenters. The van der Waals surface area contributed by atoms with Crippen molar-refractivity contribution in [2.45, 2.75) is 12.8 Å². The summed E-state index contributed by atoms with van der Waals surface area (Å²) in [7, 11) is -3.17. The van der Waals surface area contributed by atoms with Crippen LogP contribution in [0.3, 0.4) is 0 Å². The van der Waals surface area contributed by atoms with Crippen molar-refractivity contribution >= 4 is 32.5 Å². The van der Waals surface area contributed by atoms with E-state index in [-0.39, 0.29) is 11.8 Å². The second-order valence-electron chi connectivity index (χ2n) is 5.84. The lowest BCUT2D eigenvalue weighted by Gasteiger charge is -2.29. The Kier molecular flexibility index (Phi) is 4.32. The summed E-state index contributed by atoms with van der Waals surface area (Å²) in [4.78, 5) is 16.7. The molecule has 23 heavy (non-hydrogen) atoms. The summed E-state index contributed by atoms with van der Waals surface area (Å²) in [5, 5.41) is 3.86. The number of benzene rings is 1. The third-order valence-corrected chi connectivity index (χ3v) is 5.45. The lowest BCUT2D eigenvalue weighted by atomic mass is 9.97. The first-order chi connectivity index (χ1) is 10.9. The van der Waals surface area contributed by atoms with E-state index in [2.05, 4.69) is 10.3 Å². The van der Waals surface area contributed by atoms with Crippen molar-refractivity contribution in [2.24, 2.45) is 5.92 Å². The molecule has 0 aliphatic carbocycles. The molecule has 1 aliphatic heterocycles. The number of carbonyl (C=O) groups excluding carboxylic acids is 1. The molecule has 1 N–H and O–H groups in total. The van der Waals surface area contributed by atoms with Crippen LogP contribution in [0.25, 0.3) is 10.9 Å². The van der Waals surface area contributed by atoms with Crippen LogP contribution in [0.5, 0.6) is 0 Å². The van der Waals surface area contributed by atoms with Crippen LogP contribution < -0.4 is 5.32 Å². The topological polar surface area (TPSA) is 79.4 Å². The molecule has 1 aromatic carbocycles. The van der Waals surface area contributed by atoms with Gasteiger partial charge in [-0.1, -0.05) is 18.2 Å². The number of nitrogens with one attached hydrogen (secondary N) is 1. The molecule has 2 aromatic rings. The molecular weight excluding hydrogens is 314 g/mol. The third-order valence-electron chi connectivity index (χ3n) is 4.15. The number of carbonyl (C=O) groups is 1. The maximum Gasteiger partial charge on any atom is 0.227 e. The van der Waals surface area contributed by atoms with E-state index in [4.69, 9.17) is 0 Å². The summed E-state index contributed by atoms with van der Waals surface area (Å²) >= 11 is 0. The van der Waals surface area contributed by atoms with E-state index >= 15 is 0 Å². The number of amides is 1. The summed E-state index contributed by atoms with van der Waals surface area (Å²) in [6, 6.07) is 9.61. The van der Waals surface area contributed by atoms with Gasteiger partial charge >= 0.3 is 0 Å². The molecule has 2 heterocycles. The number of hydrogen-bond acceptors (Lipinski definition) is 4. The summed E-state index contributed by atoms with van der Waals surface area (Å²) in [6.07, 6.45) is 3.93. The molecule has 0 saturated carbocycles. The van der Waals surface area contributed by atoms with Crippen LogP contribution in [-0.2, 0) is 14.8 Å². The van der Waals surface area contributed by atoms with Gasteiger partial charge in [-0.2, -0.15) is 0 Å². The van der Waals surface area contributed by atoms with Crippen LogP contribution >= 0.6 is 0 Å². The number of anilines is 1. The first-order valence-corrected chi connectivity index (χ1v) is 9.39. The standard InChI is InChI=1S/C16H19N3O3S/c1-23(21,22)19-8-6-12(7-9-19)16(20)18-14-10-13-4-2-3-5-15(13)17-11-14/h2-5,10-12H,6-9H2,1H3,(H,18,20). The molecule has 0 unspecified atom stereocenters. The molecule has 0 radical (unpaired) electrons. The Morgan fingerprint density at radius 1 is 1.26 bits per heavy atom. The van der Waals surface area contributed by atoms with Crippen molar-refractivity contribution in [3.05, 3.63) is 36.5 Å². The number of fused-ring (bicyclic) bond motifs is 1. The highest BCUT2D eigenvalue weighted by Gasteiger charge is 2.28. The van der Waals surface area contributed by atoms with Crippen LogP contribution in [0.1, 0.15) is 12.8 Å². The SMILES string of the molecule is CS(=O)(=O)N1CCC(C(=O)Nc2cnc3ccccc3c2)CC1.